The maximum absolute atomic E-state index is 13.2. The number of nitrogens with zero attached hydrogens (tertiary/aromatic N) is 6. The van der Waals surface area contributed by atoms with Crippen LogP contribution < -0.4 is 16.8 Å². The summed E-state index contributed by atoms with van der Waals surface area (Å²) >= 11 is 1.52. The summed E-state index contributed by atoms with van der Waals surface area (Å²) in [7, 11) is 0. The number of hydrogen-bond acceptors (Lipinski definition) is 10. The first-order valence-electron chi connectivity index (χ1n) is 12.4. The average Bonchev–Trinajstić information content (AvgIpc) is 3.66. The number of aromatic nitrogens is 6. The number of guanidine groups is 1. The third-order valence-corrected chi connectivity index (χ3v) is 7.52. The fourth-order valence-electron chi connectivity index (χ4n) is 4.38. The van der Waals surface area contributed by atoms with Crippen molar-refractivity contribution in [1.82, 2.24) is 29.7 Å². The Labute approximate surface area is 235 Å². The van der Waals surface area contributed by atoms with Crippen LogP contribution in [0, 0.1) is 0 Å². The highest BCUT2D eigenvalue weighted by atomic mass is 32.2. The number of nitrogens with one attached hydrogen (secondary N) is 2. The summed E-state index contributed by atoms with van der Waals surface area (Å²) in [5, 5.41) is 29.9. The van der Waals surface area contributed by atoms with Gasteiger partial charge in [-0.3, -0.25) is 14.7 Å². The van der Waals surface area contributed by atoms with E-state index in [0.717, 1.165) is 6.20 Å². The van der Waals surface area contributed by atoms with Gasteiger partial charge in [-0.1, -0.05) is 12.1 Å². The van der Waals surface area contributed by atoms with Gasteiger partial charge in [-0.25, -0.2) is 15.0 Å². The van der Waals surface area contributed by atoms with Crippen LogP contribution in [-0.4, -0.2) is 82.3 Å². The summed E-state index contributed by atoms with van der Waals surface area (Å²) in [5.74, 6) is 1.42. The first-order valence-corrected chi connectivity index (χ1v) is 13.6. The van der Waals surface area contributed by atoms with E-state index in [1.807, 2.05) is 0 Å². The average molecular weight is 593 g/mol. The van der Waals surface area contributed by atoms with Crippen molar-refractivity contribution in [2.45, 2.75) is 37.1 Å². The van der Waals surface area contributed by atoms with E-state index >= 15 is 0 Å². The molecule has 0 amide bonds. The Morgan fingerprint density at radius 3 is 2.85 bits per heavy atom. The van der Waals surface area contributed by atoms with Crippen molar-refractivity contribution in [3.05, 3.63) is 48.7 Å². The molecule has 4 atom stereocenters. The second-order valence-electron chi connectivity index (χ2n) is 9.19. The SMILES string of the molecule is NC(=NCCCSC[C@H]1O[C@@H](n2cnc3c(N)ncnc32)[C@H](O)[C@@H]1O)Nc1cccc(-c2[nH]ncc2C(F)(F)F)c1. The molecular weight excluding hydrogens is 565 g/mol. The number of halogens is 3. The van der Waals surface area contributed by atoms with E-state index in [2.05, 4.69) is 35.5 Å². The summed E-state index contributed by atoms with van der Waals surface area (Å²) in [6, 6.07) is 6.31. The van der Waals surface area contributed by atoms with Crippen LogP contribution in [0.1, 0.15) is 18.2 Å². The predicted octanol–water partition coefficient (Wildman–Crippen LogP) is 1.99. The zero-order valence-electron chi connectivity index (χ0n) is 21.4. The Bertz CT molecular complexity index is 1530. The number of aliphatic hydroxyl groups excluding tert-OH is 2. The maximum atomic E-state index is 13.2. The number of aliphatic imine (C=N–C) groups is 1. The van der Waals surface area contributed by atoms with Gasteiger partial charge in [0.25, 0.3) is 0 Å². The number of anilines is 2. The van der Waals surface area contributed by atoms with E-state index in [9.17, 15) is 23.4 Å². The summed E-state index contributed by atoms with van der Waals surface area (Å²) in [4.78, 5) is 16.5. The molecular formula is C24H27F3N10O3S. The van der Waals surface area contributed by atoms with Crippen LogP contribution in [0.3, 0.4) is 0 Å². The first kappa shape index (κ1) is 28.6. The molecule has 13 nitrogen and oxygen atoms in total. The molecule has 0 saturated carbocycles. The molecule has 1 aliphatic heterocycles. The van der Waals surface area contributed by atoms with Crippen LogP contribution in [0.5, 0.6) is 0 Å². The van der Waals surface area contributed by atoms with Gasteiger partial charge in [0.15, 0.2) is 23.7 Å². The lowest BCUT2D eigenvalue weighted by molar-refractivity contribution is -0.137. The number of benzene rings is 1. The molecule has 0 spiro atoms. The summed E-state index contributed by atoms with van der Waals surface area (Å²) in [5.41, 5.74) is 12.3. The molecule has 1 saturated heterocycles. The molecule has 5 rings (SSSR count). The molecule has 218 valence electrons. The van der Waals surface area contributed by atoms with Gasteiger partial charge in [-0.05, 0) is 24.3 Å². The monoisotopic (exact) mass is 592 g/mol. The van der Waals surface area contributed by atoms with Crippen LogP contribution in [0.25, 0.3) is 22.4 Å². The molecule has 8 N–H and O–H groups in total. The highest BCUT2D eigenvalue weighted by molar-refractivity contribution is 7.99. The minimum absolute atomic E-state index is 0.116. The topological polar surface area (TPSA) is 198 Å². The number of rotatable bonds is 9. The minimum Gasteiger partial charge on any atom is -0.387 e. The molecule has 0 bridgehead atoms. The van der Waals surface area contributed by atoms with Crippen molar-refractivity contribution in [2.24, 2.45) is 10.7 Å². The van der Waals surface area contributed by atoms with Crippen LogP contribution in [0.15, 0.2) is 48.1 Å². The van der Waals surface area contributed by atoms with Crippen molar-refractivity contribution >= 4 is 40.4 Å². The van der Waals surface area contributed by atoms with E-state index in [1.54, 1.807) is 12.1 Å². The number of nitrogens with two attached hydrogens (primary N) is 2. The Kier molecular flexibility index (Phi) is 8.30. The van der Waals surface area contributed by atoms with E-state index < -0.39 is 36.3 Å². The van der Waals surface area contributed by atoms with Gasteiger partial charge in [0.1, 0.15) is 29.6 Å². The van der Waals surface area contributed by atoms with Gasteiger partial charge in [0.05, 0.1) is 24.3 Å². The van der Waals surface area contributed by atoms with Gasteiger partial charge in [0.2, 0.25) is 0 Å². The van der Waals surface area contributed by atoms with E-state index in [4.69, 9.17) is 16.2 Å². The Balaban J connectivity index is 1.08. The minimum atomic E-state index is -4.53. The molecule has 1 fully saturated rings. The fraction of sp³-hybridized carbons (Fsp3) is 0.375. The standard InChI is InChI=1S/C24H27F3N10O3S/c25-24(26,27)14-8-34-36-16(14)12-3-1-4-13(7-12)35-23(29)30-5-2-6-41-9-15-18(38)19(39)22(40-15)37-11-33-17-20(28)31-10-32-21(17)37/h1,3-4,7-8,10-11,15,18-19,22,38-39H,2,5-6,9H2,(H,34,36)(H2,28,31,32)(H3,29,30,35)/t15-,18-,19-,22-/m1/s1. The lowest BCUT2D eigenvalue weighted by atomic mass is 10.1. The number of fused-ring (bicyclic) bond motifs is 1. The smallest absolute Gasteiger partial charge is 0.387 e. The van der Waals surface area contributed by atoms with Crippen LogP contribution >= 0.6 is 11.8 Å². The van der Waals surface area contributed by atoms with Gasteiger partial charge < -0.3 is 31.7 Å². The number of aliphatic hydroxyl groups is 2. The van der Waals surface area contributed by atoms with Crippen molar-refractivity contribution < 1.29 is 28.1 Å². The normalized spacial score (nSPS) is 21.5. The number of ether oxygens (including phenoxy) is 1. The zero-order valence-corrected chi connectivity index (χ0v) is 22.2. The molecule has 0 aliphatic carbocycles. The van der Waals surface area contributed by atoms with Crippen molar-refractivity contribution in [1.29, 1.82) is 0 Å². The van der Waals surface area contributed by atoms with Crippen LogP contribution in [-0.2, 0) is 10.9 Å². The second kappa shape index (κ2) is 11.9. The van der Waals surface area contributed by atoms with Crippen LogP contribution in [0.2, 0.25) is 0 Å². The lowest BCUT2D eigenvalue weighted by Crippen LogP contribution is -2.32. The predicted molar refractivity (Wildman–Crippen MR) is 147 cm³/mol. The van der Waals surface area contributed by atoms with Gasteiger partial charge in [-0.15, -0.1) is 0 Å². The Hall–Kier alpha value is -3.93. The number of thioether (sulfide) groups is 1. The summed E-state index contributed by atoms with van der Waals surface area (Å²) in [6.45, 7) is 0.395. The lowest BCUT2D eigenvalue weighted by Gasteiger charge is -2.16. The quantitative estimate of drug-likeness (QED) is 0.0944. The molecule has 41 heavy (non-hydrogen) atoms. The molecule has 3 aromatic heterocycles. The highest BCUT2D eigenvalue weighted by Gasteiger charge is 2.44. The number of aromatic amines is 1. The number of nitrogen functional groups attached to an aromatic ring is 1. The zero-order chi connectivity index (χ0) is 29.1. The fourth-order valence-corrected chi connectivity index (χ4v) is 5.39. The number of alkyl halides is 3. The van der Waals surface area contributed by atoms with E-state index in [1.165, 1.54) is 41.1 Å². The summed E-state index contributed by atoms with van der Waals surface area (Å²) < 4.78 is 47.1. The number of H-pyrrole nitrogens is 1. The first-order chi connectivity index (χ1) is 19.6. The molecule has 1 aromatic carbocycles. The Morgan fingerprint density at radius 2 is 2.05 bits per heavy atom. The van der Waals surface area contributed by atoms with Gasteiger partial charge in [-0.2, -0.15) is 30.0 Å². The second-order valence-corrected chi connectivity index (χ2v) is 10.3. The third-order valence-electron chi connectivity index (χ3n) is 6.38. The molecule has 17 heteroatoms. The largest absolute Gasteiger partial charge is 0.420 e. The number of hydrogen-bond donors (Lipinski definition) is 6. The van der Waals surface area contributed by atoms with Crippen molar-refractivity contribution in [3.63, 3.8) is 0 Å². The van der Waals surface area contributed by atoms with Crippen molar-refractivity contribution in [2.75, 3.05) is 29.1 Å². The molecule has 0 unspecified atom stereocenters. The van der Waals surface area contributed by atoms with Crippen molar-refractivity contribution in [3.8, 4) is 11.3 Å². The molecule has 4 heterocycles. The van der Waals surface area contributed by atoms with Crippen LogP contribution in [0.4, 0.5) is 24.7 Å². The molecule has 1 aliphatic rings. The maximum Gasteiger partial charge on any atom is 0.420 e. The Morgan fingerprint density at radius 1 is 1.22 bits per heavy atom. The molecule has 4 aromatic rings. The van der Waals surface area contributed by atoms with Gasteiger partial charge >= 0.3 is 6.18 Å². The van der Waals surface area contributed by atoms with E-state index in [0.29, 0.717) is 46.9 Å². The number of imidazole rings is 1. The molecule has 0 radical (unpaired) electrons. The third kappa shape index (κ3) is 6.22. The van der Waals surface area contributed by atoms with Gasteiger partial charge in [0, 0.05) is 23.5 Å². The van der Waals surface area contributed by atoms with E-state index in [-0.39, 0.29) is 17.5 Å². The highest BCUT2D eigenvalue weighted by Crippen LogP contribution is 2.36. The summed E-state index contributed by atoms with van der Waals surface area (Å²) in [6.07, 6.45) is -4.18.